The van der Waals surface area contributed by atoms with Gasteiger partial charge in [-0.15, -0.1) is 11.3 Å². The summed E-state index contributed by atoms with van der Waals surface area (Å²) in [7, 11) is 0. The fourth-order valence-corrected chi connectivity index (χ4v) is 3.09. The van der Waals surface area contributed by atoms with Gasteiger partial charge in [0, 0.05) is 16.5 Å². The molecule has 0 saturated heterocycles. The summed E-state index contributed by atoms with van der Waals surface area (Å²) in [6.45, 7) is -0.374. The standard InChI is InChI=1S/C18H12ClNO3S/c19-14-9-5-4-8-13(14)16(21)10-23-18(22)15-11-24-17(20-15)12-6-2-1-3-7-12/h1-9,11H,10H2. The van der Waals surface area contributed by atoms with Gasteiger partial charge < -0.3 is 4.74 Å². The second-order valence-corrected chi connectivity index (χ2v) is 6.15. The zero-order valence-corrected chi connectivity index (χ0v) is 14.0. The van der Waals surface area contributed by atoms with Crippen molar-refractivity contribution in [3.8, 4) is 10.6 Å². The highest BCUT2D eigenvalue weighted by Crippen LogP contribution is 2.23. The number of esters is 1. The molecule has 0 unspecified atom stereocenters. The molecule has 0 bridgehead atoms. The Morgan fingerprint density at radius 2 is 1.75 bits per heavy atom. The molecule has 6 heteroatoms. The quantitative estimate of drug-likeness (QED) is 0.498. The highest BCUT2D eigenvalue weighted by molar-refractivity contribution is 7.13. The molecule has 1 aromatic heterocycles. The number of carbonyl (C=O) groups is 2. The van der Waals surface area contributed by atoms with Gasteiger partial charge in [0.1, 0.15) is 5.01 Å². The highest BCUT2D eigenvalue weighted by Gasteiger charge is 2.16. The molecule has 4 nitrogen and oxygen atoms in total. The summed E-state index contributed by atoms with van der Waals surface area (Å²) in [4.78, 5) is 28.4. The van der Waals surface area contributed by atoms with Gasteiger partial charge in [0.15, 0.2) is 12.3 Å². The summed E-state index contributed by atoms with van der Waals surface area (Å²) >= 11 is 7.30. The molecule has 0 saturated carbocycles. The normalized spacial score (nSPS) is 10.4. The molecular weight excluding hydrogens is 346 g/mol. The van der Waals surface area contributed by atoms with E-state index in [9.17, 15) is 9.59 Å². The number of aromatic nitrogens is 1. The summed E-state index contributed by atoms with van der Waals surface area (Å²) in [6, 6.07) is 16.2. The van der Waals surface area contributed by atoms with E-state index in [-0.39, 0.29) is 18.1 Å². The van der Waals surface area contributed by atoms with Gasteiger partial charge >= 0.3 is 5.97 Å². The van der Waals surface area contributed by atoms with Crippen LogP contribution in [0.2, 0.25) is 5.02 Å². The molecule has 0 N–H and O–H groups in total. The molecule has 0 aliphatic carbocycles. The number of carbonyl (C=O) groups excluding carboxylic acids is 2. The molecule has 0 spiro atoms. The largest absolute Gasteiger partial charge is 0.453 e. The lowest BCUT2D eigenvalue weighted by atomic mass is 10.1. The first-order chi connectivity index (χ1) is 11.6. The molecule has 3 aromatic rings. The Morgan fingerprint density at radius 1 is 1.04 bits per heavy atom. The van der Waals surface area contributed by atoms with E-state index in [1.807, 2.05) is 30.3 Å². The van der Waals surface area contributed by atoms with Gasteiger partial charge in [-0.1, -0.05) is 54.1 Å². The van der Waals surface area contributed by atoms with Crippen LogP contribution in [0.4, 0.5) is 0 Å². The fraction of sp³-hybridized carbons (Fsp3) is 0.0556. The minimum Gasteiger partial charge on any atom is -0.453 e. The lowest BCUT2D eigenvalue weighted by Gasteiger charge is -2.04. The van der Waals surface area contributed by atoms with Crippen LogP contribution in [0.15, 0.2) is 60.0 Å². The van der Waals surface area contributed by atoms with Crippen LogP contribution in [-0.4, -0.2) is 23.3 Å². The van der Waals surface area contributed by atoms with E-state index in [4.69, 9.17) is 16.3 Å². The monoisotopic (exact) mass is 357 g/mol. The van der Waals surface area contributed by atoms with E-state index >= 15 is 0 Å². The van der Waals surface area contributed by atoms with Crippen molar-refractivity contribution < 1.29 is 14.3 Å². The fourth-order valence-electron chi connectivity index (χ4n) is 2.05. The zero-order chi connectivity index (χ0) is 16.9. The van der Waals surface area contributed by atoms with E-state index in [1.165, 1.54) is 11.3 Å². The maximum absolute atomic E-state index is 12.0. The van der Waals surface area contributed by atoms with Crippen molar-refractivity contribution >= 4 is 34.7 Å². The molecule has 0 amide bonds. The van der Waals surface area contributed by atoms with Crippen LogP contribution in [0.1, 0.15) is 20.8 Å². The Bertz CT molecular complexity index is 877. The van der Waals surface area contributed by atoms with Gasteiger partial charge in [-0.3, -0.25) is 4.79 Å². The number of rotatable bonds is 5. The molecule has 0 radical (unpaired) electrons. The summed E-state index contributed by atoms with van der Waals surface area (Å²) in [6.07, 6.45) is 0. The van der Waals surface area contributed by atoms with Crippen molar-refractivity contribution in [2.24, 2.45) is 0 Å². The topological polar surface area (TPSA) is 56.3 Å². The van der Waals surface area contributed by atoms with Crippen LogP contribution >= 0.6 is 22.9 Å². The Morgan fingerprint density at radius 3 is 2.50 bits per heavy atom. The number of hydrogen-bond acceptors (Lipinski definition) is 5. The predicted molar refractivity (Wildman–Crippen MR) is 93.6 cm³/mol. The number of benzene rings is 2. The van der Waals surface area contributed by atoms with Crippen LogP contribution in [0.3, 0.4) is 0 Å². The number of ether oxygens (including phenoxy) is 1. The number of hydrogen-bond donors (Lipinski definition) is 0. The van der Waals surface area contributed by atoms with Crippen molar-refractivity contribution in [1.29, 1.82) is 0 Å². The van der Waals surface area contributed by atoms with Gasteiger partial charge in [0.05, 0.1) is 5.02 Å². The van der Waals surface area contributed by atoms with Crippen molar-refractivity contribution in [2.45, 2.75) is 0 Å². The molecule has 0 atom stereocenters. The summed E-state index contributed by atoms with van der Waals surface area (Å²) in [5.74, 6) is -0.985. The lowest BCUT2D eigenvalue weighted by molar-refractivity contribution is 0.0470. The van der Waals surface area contributed by atoms with Crippen LogP contribution in [0, 0.1) is 0 Å². The minimum atomic E-state index is -0.631. The number of ketones is 1. The molecule has 0 aliphatic rings. The maximum Gasteiger partial charge on any atom is 0.358 e. The van der Waals surface area contributed by atoms with Crippen LogP contribution in [-0.2, 0) is 4.74 Å². The second kappa shape index (κ2) is 7.38. The van der Waals surface area contributed by atoms with Gasteiger partial charge in [0.2, 0.25) is 5.78 Å². The van der Waals surface area contributed by atoms with E-state index in [0.717, 1.165) is 10.6 Å². The molecule has 0 fully saturated rings. The van der Waals surface area contributed by atoms with Crippen molar-refractivity contribution in [3.05, 3.63) is 76.3 Å². The van der Waals surface area contributed by atoms with E-state index in [0.29, 0.717) is 10.6 Å². The molecule has 2 aromatic carbocycles. The average Bonchev–Trinajstić information content (AvgIpc) is 3.11. The summed E-state index contributed by atoms with van der Waals surface area (Å²) in [5.41, 5.74) is 1.44. The van der Waals surface area contributed by atoms with Crippen molar-refractivity contribution in [2.75, 3.05) is 6.61 Å². The SMILES string of the molecule is O=C(OCC(=O)c1ccccc1Cl)c1csc(-c2ccccc2)n1. The third-order valence-corrected chi connectivity index (χ3v) is 4.46. The van der Waals surface area contributed by atoms with Crippen LogP contribution in [0.25, 0.3) is 10.6 Å². The van der Waals surface area contributed by atoms with Crippen LogP contribution in [0.5, 0.6) is 0 Å². The number of nitrogens with zero attached hydrogens (tertiary/aromatic N) is 1. The molecule has 3 rings (SSSR count). The first kappa shape index (κ1) is 16.4. The van der Waals surface area contributed by atoms with Crippen molar-refractivity contribution in [3.63, 3.8) is 0 Å². The van der Waals surface area contributed by atoms with E-state index in [2.05, 4.69) is 4.98 Å². The van der Waals surface area contributed by atoms with Gasteiger partial charge in [-0.05, 0) is 12.1 Å². The lowest BCUT2D eigenvalue weighted by Crippen LogP contribution is -2.14. The molecule has 0 aliphatic heterocycles. The van der Waals surface area contributed by atoms with Gasteiger partial charge in [-0.2, -0.15) is 0 Å². The van der Waals surface area contributed by atoms with Crippen LogP contribution < -0.4 is 0 Å². The Balaban J connectivity index is 1.65. The molecular formula is C18H12ClNO3S. The average molecular weight is 358 g/mol. The third-order valence-electron chi connectivity index (χ3n) is 3.24. The number of Topliss-reactive ketones (excluding diaryl/α,β-unsaturated/α-hetero) is 1. The highest BCUT2D eigenvalue weighted by atomic mass is 35.5. The maximum atomic E-state index is 12.0. The molecule has 120 valence electrons. The number of halogens is 1. The predicted octanol–water partition coefficient (Wildman–Crippen LogP) is 4.50. The van der Waals surface area contributed by atoms with Gasteiger partial charge in [-0.25, -0.2) is 9.78 Å². The smallest absolute Gasteiger partial charge is 0.358 e. The second-order valence-electron chi connectivity index (χ2n) is 4.88. The minimum absolute atomic E-state index is 0.186. The van der Waals surface area contributed by atoms with E-state index < -0.39 is 5.97 Å². The summed E-state index contributed by atoms with van der Waals surface area (Å²) < 4.78 is 5.05. The zero-order valence-electron chi connectivity index (χ0n) is 12.4. The van der Waals surface area contributed by atoms with Crippen molar-refractivity contribution in [1.82, 2.24) is 4.98 Å². The van der Waals surface area contributed by atoms with E-state index in [1.54, 1.807) is 29.6 Å². The van der Waals surface area contributed by atoms with Gasteiger partial charge in [0.25, 0.3) is 0 Å². The first-order valence-electron chi connectivity index (χ1n) is 7.11. The Labute approximate surface area is 147 Å². The Hall–Kier alpha value is -2.50. The number of thiazole rings is 1. The Kier molecular flexibility index (Phi) is 5.03. The first-order valence-corrected chi connectivity index (χ1v) is 8.36. The molecule has 24 heavy (non-hydrogen) atoms. The summed E-state index contributed by atoms with van der Waals surface area (Å²) in [5, 5.41) is 2.67. The molecule has 1 heterocycles. The third kappa shape index (κ3) is 3.69.